The van der Waals surface area contributed by atoms with Gasteiger partial charge in [0.25, 0.3) is 0 Å². The Balaban J connectivity index is 1.85. The first-order valence-electron chi connectivity index (χ1n) is 24.2. The van der Waals surface area contributed by atoms with Gasteiger partial charge in [-0.3, -0.25) is 5.10 Å². The van der Waals surface area contributed by atoms with Crippen LogP contribution in [-0.2, 0) is 5.41 Å². The molecular weight excluding hydrogens is 751 g/mol. The van der Waals surface area contributed by atoms with Gasteiger partial charge >= 0.3 is 0 Å². The average Bonchev–Trinajstić information content (AvgIpc) is 3.79. The molecule has 346 valence electrons. The van der Waals surface area contributed by atoms with Crippen molar-refractivity contribution in [3.8, 4) is 0 Å². The van der Waals surface area contributed by atoms with Gasteiger partial charge in [-0.25, -0.2) is 4.99 Å². The van der Waals surface area contributed by atoms with E-state index in [2.05, 4.69) is 167 Å². The van der Waals surface area contributed by atoms with Crippen LogP contribution in [0.3, 0.4) is 0 Å². The molecule has 4 heterocycles. The van der Waals surface area contributed by atoms with Crippen LogP contribution in [0.25, 0.3) is 5.65 Å². The van der Waals surface area contributed by atoms with E-state index in [0.29, 0.717) is 34.5 Å². The van der Waals surface area contributed by atoms with Gasteiger partial charge in [0.05, 0.1) is 11.4 Å². The lowest BCUT2D eigenvalue weighted by atomic mass is 9.78. The van der Waals surface area contributed by atoms with Gasteiger partial charge in [0, 0.05) is 22.7 Å². The Bertz CT molecular complexity index is 1940. The first-order valence-corrected chi connectivity index (χ1v) is 24.2. The Hall–Kier alpha value is -2.84. The molecule has 0 amide bonds. The van der Waals surface area contributed by atoms with Crippen LogP contribution in [0.4, 0.5) is 5.69 Å². The Morgan fingerprint density at radius 2 is 0.984 bits per heavy atom. The summed E-state index contributed by atoms with van der Waals surface area (Å²) in [7, 11) is 0. The zero-order valence-electron chi connectivity index (χ0n) is 43.6. The molecule has 3 aromatic heterocycles. The van der Waals surface area contributed by atoms with Crippen LogP contribution >= 0.6 is 0 Å². The Morgan fingerprint density at radius 1 is 0.541 bits per heavy atom. The number of aliphatic imine (C=N–C) groups is 1. The lowest BCUT2D eigenvalue weighted by Gasteiger charge is -2.28. The molecule has 61 heavy (non-hydrogen) atoms. The van der Waals surface area contributed by atoms with E-state index < -0.39 is 0 Å². The first-order chi connectivity index (χ1) is 27.6. The van der Waals surface area contributed by atoms with E-state index in [1.54, 1.807) is 0 Å². The van der Waals surface area contributed by atoms with E-state index in [4.69, 9.17) is 30.5 Å². The molecule has 1 N–H and O–H groups in total. The van der Waals surface area contributed by atoms with Gasteiger partial charge in [-0.2, -0.15) is 24.5 Å². The van der Waals surface area contributed by atoms with Gasteiger partial charge in [-0.05, 0) is 110 Å². The normalized spacial score (nSPS) is 18.4. The molecule has 0 radical (unpaired) electrons. The Labute approximate surface area is 374 Å². The number of aromatic nitrogens is 7. The molecule has 0 saturated heterocycles. The van der Waals surface area contributed by atoms with Crippen molar-refractivity contribution in [1.29, 1.82) is 0 Å². The zero-order valence-corrected chi connectivity index (χ0v) is 43.6. The fourth-order valence-electron chi connectivity index (χ4n) is 10.7. The number of aromatic amines is 1. The highest BCUT2D eigenvalue weighted by Crippen LogP contribution is 2.42. The second-order valence-electron chi connectivity index (χ2n) is 27.1. The SMILES string of the molecule is CC(CCC(CC(C)CC(C)(C)C)c1nnc2n1N=C(C(C)(C)C)/C2=N/c1c(C(C)(C)C)nn2c(C(CCC(C)CC(C)(C)C)CC(C)CC(C)(C)C)n[nH]c12)CC(C)(C)C. The van der Waals surface area contributed by atoms with E-state index in [-0.39, 0.29) is 33.5 Å². The molecule has 6 atom stereocenters. The molecule has 1 aliphatic rings. The number of fused-ring (bicyclic) bond motifs is 2. The molecule has 9 heteroatoms. The zero-order chi connectivity index (χ0) is 46.3. The predicted octanol–water partition coefficient (Wildman–Crippen LogP) is 15.1. The van der Waals surface area contributed by atoms with E-state index in [9.17, 15) is 0 Å². The topological polar surface area (TPSA) is 101 Å². The molecule has 4 rings (SSSR count). The van der Waals surface area contributed by atoms with Crippen molar-refractivity contribution in [3.63, 3.8) is 0 Å². The van der Waals surface area contributed by atoms with Gasteiger partial charge < -0.3 is 0 Å². The number of H-pyrrole nitrogens is 1. The molecule has 0 bridgehead atoms. The van der Waals surface area contributed by atoms with E-state index in [0.717, 1.165) is 90.9 Å². The van der Waals surface area contributed by atoms with Crippen LogP contribution in [-0.4, -0.2) is 46.1 Å². The van der Waals surface area contributed by atoms with Gasteiger partial charge in [0.2, 0.25) is 5.82 Å². The second-order valence-corrected chi connectivity index (χ2v) is 27.1. The summed E-state index contributed by atoms with van der Waals surface area (Å²) in [4.78, 5) is 5.60. The van der Waals surface area contributed by atoms with Crippen molar-refractivity contribution >= 4 is 22.8 Å². The van der Waals surface area contributed by atoms with Crippen LogP contribution in [0.2, 0.25) is 0 Å². The highest BCUT2D eigenvalue weighted by atomic mass is 15.5. The minimum atomic E-state index is -0.279. The smallest absolute Gasteiger partial charge is 0.205 e. The number of rotatable bonds is 17. The molecule has 0 aliphatic carbocycles. The Kier molecular flexibility index (Phi) is 15.6. The second kappa shape index (κ2) is 18.7. The first kappa shape index (κ1) is 50.8. The summed E-state index contributed by atoms with van der Waals surface area (Å²) >= 11 is 0. The fourth-order valence-corrected chi connectivity index (χ4v) is 10.7. The van der Waals surface area contributed by atoms with Crippen molar-refractivity contribution in [2.75, 3.05) is 0 Å². The number of nitrogens with zero attached hydrogens (tertiary/aromatic N) is 8. The standard InChI is InChI=1S/C52H93N9/c1-33(29-47(5,6)7)23-25-37(27-35(3)31-49(11,12)13)43-54-56-45-39(41(51(17,18)19)58-60(43)45)53-40-42(52(20,21)22)59-61-44(55-57-46(40)61)38(28-36(4)32-50(14,15)16)26-24-34(2)30-48(8,9)10/h33-38,56H,23-32H2,1-22H3/b53-40-. The minimum absolute atomic E-state index is 0.247. The van der Waals surface area contributed by atoms with Crippen LogP contribution in [0.1, 0.15) is 252 Å². The quantitative estimate of drug-likeness (QED) is 0.146. The maximum atomic E-state index is 5.60. The molecule has 3 aromatic rings. The summed E-state index contributed by atoms with van der Waals surface area (Å²) in [6.45, 7) is 51.3. The fraction of sp³-hybridized carbons (Fsp3) is 0.846. The van der Waals surface area contributed by atoms with Gasteiger partial charge in [-0.1, -0.05) is 152 Å². The van der Waals surface area contributed by atoms with Crippen molar-refractivity contribution in [2.45, 2.75) is 234 Å². The predicted molar refractivity (Wildman–Crippen MR) is 261 cm³/mol. The molecule has 0 fully saturated rings. The molecule has 6 unspecified atom stereocenters. The lowest BCUT2D eigenvalue weighted by Crippen LogP contribution is -2.27. The van der Waals surface area contributed by atoms with Crippen LogP contribution in [0.5, 0.6) is 0 Å². The summed E-state index contributed by atoms with van der Waals surface area (Å²) < 4.78 is 4.16. The summed E-state index contributed by atoms with van der Waals surface area (Å²) in [5.41, 5.74) is 4.93. The largest absolute Gasteiger partial charge is 0.258 e. The summed E-state index contributed by atoms with van der Waals surface area (Å²) in [6.07, 6.45) is 11.3. The maximum Gasteiger partial charge on any atom is 0.205 e. The third-order valence-corrected chi connectivity index (χ3v) is 12.3. The maximum absolute atomic E-state index is 5.60. The van der Waals surface area contributed by atoms with Gasteiger partial charge in [0.15, 0.2) is 17.3 Å². The molecule has 0 saturated carbocycles. The van der Waals surface area contributed by atoms with Crippen LogP contribution < -0.4 is 0 Å². The van der Waals surface area contributed by atoms with Gasteiger partial charge in [0.1, 0.15) is 11.4 Å². The summed E-state index contributed by atoms with van der Waals surface area (Å²) in [5, 5.41) is 29.4. The molecule has 9 nitrogen and oxygen atoms in total. The molecular formula is C52H93N9. The number of hydrogen-bond acceptors (Lipinski definition) is 6. The Morgan fingerprint density at radius 3 is 1.41 bits per heavy atom. The van der Waals surface area contributed by atoms with Gasteiger partial charge in [-0.15, -0.1) is 10.2 Å². The molecule has 1 aliphatic heterocycles. The summed E-state index contributed by atoms with van der Waals surface area (Å²) in [5.74, 6) is 5.60. The minimum Gasteiger partial charge on any atom is -0.258 e. The molecule has 0 spiro atoms. The van der Waals surface area contributed by atoms with Crippen molar-refractivity contribution in [2.24, 2.45) is 60.8 Å². The van der Waals surface area contributed by atoms with Crippen LogP contribution in [0.15, 0.2) is 10.1 Å². The van der Waals surface area contributed by atoms with Crippen molar-refractivity contribution in [3.05, 3.63) is 23.2 Å². The average molecular weight is 844 g/mol. The monoisotopic (exact) mass is 844 g/mol. The highest BCUT2D eigenvalue weighted by molar-refractivity contribution is 6.50. The number of hydrogen-bond donors (Lipinski definition) is 1. The lowest BCUT2D eigenvalue weighted by molar-refractivity contribution is 0.261. The van der Waals surface area contributed by atoms with Crippen molar-refractivity contribution < 1.29 is 0 Å². The van der Waals surface area contributed by atoms with E-state index in [1.807, 2.05) is 0 Å². The highest BCUT2D eigenvalue weighted by Gasteiger charge is 2.39. The summed E-state index contributed by atoms with van der Waals surface area (Å²) in [6, 6.07) is 0. The van der Waals surface area contributed by atoms with E-state index >= 15 is 0 Å². The van der Waals surface area contributed by atoms with E-state index in [1.165, 1.54) is 19.3 Å². The third kappa shape index (κ3) is 14.6. The number of nitrogens with one attached hydrogen (secondary N) is 1. The molecule has 0 aromatic carbocycles. The third-order valence-electron chi connectivity index (χ3n) is 12.3. The van der Waals surface area contributed by atoms with Crippen LogP contribution in [0, 0.1) is 50.7 Å². The van der Waals surface area contributed by atoms with Crippen molar-refractivity contribution in [1.82, 2.24) is 34.7 Å².